The predicted octanol–water partition coefficient (Wildman–Crippen LogP) is 4.66. The van der Waals surface area contributed by atoms with Gasteiger partial charge in [-0.3, -0.25) is 0 Å². The van der Waals surface area contributed by atoms with E-state index in [2.05, 4.69) is 82.8 Å². The summed E-state index contributed by atoms with van der Waals surface area (Å²) in [4.78, 5) is 0. The quantitative estimate of drug-likeness (QED) is 0.865. The van der Waals surface area contributed by atoms with E-state index in [9.17, 15) is 0 Å². The van der Waals surface area contributed by atoms with Crippen LogP contribution in [0.2, 0.25) is 0 Å². The normalized spacial score (nSPS) is 23.1. The van der Waals surface area contributed by atoms with E-state index >= 15 is 0 Å². The van der Waals surface area contributed by atoms with Gasteiger partial charge in [-0.1, -0.05) is 58.4 Å². The predicted molar refractivity (Wildman–Crippen MR) is 83.3 cm³/mol. The van der Waals surface area contributed by atoms with Crippen LogP contribution in [0.15, 0.2) is 59.1 Å². The molecule has 1 nitrogen and oxygen atoms in total. The molecule has 1 N–H and O–H groups in total. The van der Waals surface area contributed by atoms with Crippen molar-refractivity contribution in [2.75, 3.05) is 0 Å². The van der Waals surface area contributed by atoms with Crippen LogP contribution < -0.4 is 5.32 Å². The standard InChI is InChI=1S/C17H18BrN/c1-12(13-6-3-2-4-7-13)19-17-11-16(17)14-8-5-9-15(18)10-14/h2-10,12,16-17,19H,11H2,1H3/t12?,16-,17+/m0/s1. The fourth-order valence-corrected chi connectivity index (χ4v) is 3.06. The first-order valence-electron chi connectivity index (χ1n) is 6.80. The lowest BCUT2D eigenvalue weighted by Gasteiger charge is -2.14. The van der Waals surface area contributed by atoms with Crippen LogP contribution in [0.1, 0.15) is 36.4 Å². The van der Waals surface area contributed by atoms with E-state index in [-0.39, 0.29) is 0 Å². The molecule has 0 spiro atoms. The lowest BCUT2D eigenvalue weighted by molar-refractivity contribution is 0.563. The molecule has 2 heteroatoms. The van der Waals surface area contributed by atoms with Gasteiger partial charge in [0.05, 0.1) is 0 Å². The Morgan fingerprint density at radius 3 is 2.63 bits per heavy atom. The lowest BCUT2D eigenvalue weighted by Crippen LogP contribution is -2.22. The Labute approximate surface area is 123 Å². The van der Waals surface area contributed by atoms with Gasteiger partial charge in [0.2, 0.25) is 0 Å². The molecule has 0 aliphatic heterocycles. The number of halogens is 1. The van der Waals surface area contributed by atoms with Gasteiger partial charge in [-0.05, 0) is 36.6 Å². The Hall–Kier alpha value is -1.12. The third kappa shape index (κ3) is 3.07. The van der Waals surface area contributed by atoms with Crippen LogP contribution in [-0.2, 0) is 0 Å². The van der Waals surface area contributed by atoms with Gasteiger partial charge in [-0.15, -0.1) is 0 Å². The molecule has 1 aliphatic rings. The Kier molecular flexibility index (Phi) is 3.72. The van der Waals surface area contributed by atoms with Crippen molar-refractivity contribution in [1.82, 2.24) is 5.32 Å². The Morgan fingerprint density at radius 2 is 1.89 bits per heavy atom. The maximum Gasteiger partial charge on any atom is 0.0294 e. The van der Waals surface area contributed by atoms with E-state index in [1.807, 2.05) is 0 Å². The minimum absolute atomic E-state index is 0.420. The van der Waals surface area contributed by atoms with Crippen molar-refractivity contribution >= 4 is 15.9 Å². The van der Waals surface area contributed by atoms with Crippen LogP contribution in [0.4, 0.5) is 0 Å². The third-order valence-electron chi connectivity index (χ3n) is 3.83. The van der Waals surface area contributed by atoms with Gasteiger partial charge >= 0.3 is 0 Å². The van der Waals surface area contributed by atoms with Crippen LogP contribution in [0.5, 0.6) is 0 Å². The van der Waals surface area contributed by atoms with Crippen LogP contribution in [0.25, 0.3) is 0 Å². The fourth-order valence-electron chi connectivity index (χ4n) is 2.64. The van der Waals surface area contributed by atoms with Gasteiger partial charge in [0, 0.05) is 22.5 Å². The summed E-state index contributed by atoms with van der Waals surface area (Å²) >= 11 is 3.55. The van der Waals surface area contributed by atoms with Gasteiger partial charge in [0.15, 0.2) is 0 Å². The van der Waals surface area contributed by atoms with Crippen molar-refractivity contribution in [3.05, 3.63) is 70.2 Å². The molecule has 1 saturated carbocycles. The van der Waals surface area contributed by atoms with Crippen LogP contribution in [-0.4, -0.2) is 6.04 Å². The van der Waals surface area contributed by atoms with Crippen molar-refractivity contribution in [3.63, 3.8) is 0 Å². The average Bonchev–Trinajstić information content (AvgIpc) is 3.19. The van der Waals surface area contributed by atoms with Gasteiger partial charge < -0.3 is 5.32 Å². The molecule has 1 aliphatic carbocycles. The molecule has 0 heterocycles. The summed E-state index contributed by atoms with van der Waals surface area (Å²) < 4.78 is 1.17. The molecular formula is C17H18BrN. The highest BCUT2D eigenvalue weighted by atomic mass is 79.9. The van der Waals surface area contributed by atoms with Crippen molar-refractivity contribution < 1.29 is 0 Å². The number of rotatable bonds is 4. The molecule has 0 radical (unpaired) electrons. The molecule has 19 heavy (non-hydrogen) atoms. The molecule has 2 aromatic rings. The molecular weight excluding hydrogens is 298 g/mol. The first kappa shape index (κ1) is 12.9. The molecule has 0 amide bonds. The van der Waals surface area contributed by atoms with Crippen molar-refractivity contribution in [2.45, 2.75) is 31.3 Å². The first-order chi connectivity index (χ1) is 9.24. The summed E-state index contributed by atoms with van der Waals surface area (Å²) in [6.07, 6.45) is 1.24. The highest BCUT2D eigenvalue weighted by molar-refractivity contribution is 9.10. The minimum atomic E-state index is 0.420. The Balaban J connectivity index is 1.62. The smallest absolute Gasteiger partial charge is 0.0294 e. The molecule has 98 valence electrons. The van der Waals surface area contributed by atoms with E-state index < -0.39 is 0 Å². The molecule has 3 atom stereocenters. The first-order valence-corrected chi connectivity index (χ1v) is 7.60. The van der Waals surface area contributed by atoms with E-state index in [1.54, 1.807) is 0 Å². The maximum atomic E-state index is 3.72. The van der Waals surface area contributed by atoms with Crippen LogP contribution >= 0.6 is 15.9 Å². The maximum absolute atomic E-state index is 3.72. The van der Waals surface area contributed by atoms with E-state index in [1.165, 1.54) is 22.0 Å². The van der Waals surface area contributed by atoms with E-state index in [0.29, 0.717) is 18.0 Å². The third-order valence-corrected chi connectivity index (χ3v) is 4.32. The van der Waals surface area contributed by atoms with Crippen molar-refractivity contribution in [1.29, 1.82) is 0 Å². The highest BCUT2D eigenvalue weighted by Gasteiger charge is 2.38. The summed E-state index contributed by atoms with van der Waals surface area (Å²) in [5.74, 6) is 0.670. The second-order valence-electron chi connectivity index (χ2n) is 5.30. The molecule has 0 bridgehead atoms. The van der Waals surface area contributed by atoms with Crippen LogP contribution in [0, 0.1) is 0 Å². The Bertz CT molecular complexity index is 552. The summed E-state index contributed by atoms with van der Waals surface area (Å²) in [5, 5.41) is 3.72. The molecule has 1 unspecified atom stereocenters. The molecule has 0 saturated heterocycles. The number of hydrogen-bond acceptors (Lipinski definition) is 1. The average molecular weight is 316 g/mol. The topological polar surface area (TPSA) is 12.0 Å². The summed E-state index contributed by atoms with van der Waals surface area (Å²) in [5.41, 5.74) is 2.80. The number of benzene rings is 2. The van der Waals surface area contributed by atoms with Gasteiger partial charge in [-0.25, -0.2) is 0 Å². The molecule has 3 rings (SSSR count). The van der Waals surface area contributed by atoms with Crippen molar-refractivity contribution in [3.8, 4) is 0 Å². The zero-order valence-corrected chi connectivity index (χ0v) is 12.6. The fraction of sp³-hybridized carbons (Fsp3) is 0.294. The monoisotopic (exact) mass is 315 g/mol. The minimum Gasteiger partial charge on any atom is -0.307 e. The highest BCUT2D eigenvalue weighted by Crippen LogP contribution is 2.42. The lowest BCUT2D eigenvalue weighted by atomic mass is 10.1. The molecule has 0 aromatic heterocycles. The summed E-state index contributed by atoms with van der Waals surface area (Å²) in [6.45, 7) is 2.24. The van der Waals surface area contributed by atoms with Gasteiger partial charge in [0.25, 0.3) is 0 Å². The summed E-state index contributed by atoms with van der Waals surface area (Å²) in [7, 11) is 0. The van der Waals surface area contributed by atoms with E-state index in [0.717, 1.165) is 0 Å². The van der Waals surface area contributed by atoms with Crippen molar-refractivity contribution in [2.24, 2.45) is 0 Å². The van der Waals surface area contributed by atoms with Crippen LogP contribution in [0.3, 0.4) is 0 Å². The second kappa shape index (κ2) is 5.48. The SMILES string of the molecule is CC(N[C@@H]1C[C@H]1c1cccc(Br)c1)c1ccccc1. The summed E-state index contributed by atoms with van der Waals surface area (Å²) in [6, 6.07) is 20.4. The van der Waals surface area contributed by atoms with Gasteiger partial charge in [-0.2, -0.15) is 0 Å². The zero-order chi connectivity index (χ0) is 13.2. The van der Waals surface area contributed by atoms with E-state index in [4.69, 9.17) is 0 Å². The Morgan fingerprint density at radius 1 is 1.11 bits per heavy atom. The zero-order valence-electron chi connectivity index (χ0n) is 11.0. The molecule has 2 aromatic carbocycles. The number of nitrogens with one attached hydrogen (secondary N) is 1. The molecule has 1 fully saturated rings. The second-order valence-corrected chi connectivity index (χ2v) is 6.22. The number of hydrogen-bond donors (Lipinski definition) is 1. The van der Waals surface area contributed by atoms with Gasteiger partial charge in [0.1, 0.15) is 0 Å². The largest absolute Gasteiger partial charge is 0.307 e.